The van der Waals surface area contributed by atoms with E-state index in [1.807, 2.05) is 23.4 Å². The maximum Gasteiger partial charge on any atom is 0.296 e. The van der Waals surface area contributed by atoms with Gasteiger partial charge in [-0.05, 0) is 15.9 Å². The molecule has 0 unspecified atom stereocenters. The van der Waals surface area contributed by atoms with Crippen LogP contribution in [0.25, 0.3) is 0 Å². The molecule has 1 heterocycles. The number of hydrogen-bond acceptors (Lipinski definition) is 3. The van der Waals surface area contributed by atoms with Gasteiger partial charge in [0.25, 0.3) is 7.79 Å². The molecule has 0 aromatic heterocycles. The first-order valence-electron chi connectivity index (χ1n) is 3.21. The SMILES string of the molecule is CN1CCN(C)[P+]1(O)CBr. The standard InChI is InChI=1S/C5H13BrN2OP/c1-7-3-4-8(2)10(7,9)5-6/h9H,3-5H2,1-2H3/q+1. The first-order valence-corrected chi connectivity index (χ1v) is 6.16. The maximum absolute atomic E-state index is 9.95. The Labute approximate surface area is 70.7 Å². The van der Waals surface area contributed by atoms with Gasteiger partial charge in [-0.25, -0.2) is 4.89 Å². The fraction of sp³-hybridized carbons (Fsp3) is 1.00. The van der Waals surface area contributed by atoms with Crippen molar-refractivity contribution >= 4 is 23.7 Å². The Balaban J connectivity index is 2.70. The van der Waals surface area contributed by atoms with E-state index in [1.54, 1.807) is 0 Å². The molecule has 0 bridgehead atoms. The zero-order valence-corrected chi connectivity index (χ0v) is 8.77. The lowest BCUT2D eigenvalue weighted by atomic mass is 10.6. The van der Waals surface area contributed by atoms with E-state index in [-0.39, 0.29) is 0 Å². The summed E-state index contributed by atoms with van der Waals surface area (Å²) in [6, 6.07) is 0. The normalized spacial score (nSPS) is 27.6. The fourth-order valence-electron chi connectivity index (χ4n) is 1.05. The van der Waals surface area contributed by atoms with E-state index >= 15 is 0 Å². The van der Waals surface area contributed by atoms with Gasteiger partial charge >= 0.3 is 0 Å². The Morgan fingerprint density at radius 2 is 1.80 bits per heavy atom. The highest BCUT2D eigenvalue weighted by Crippen LogP contribution is 2.63. The van der Waals surface area contributed by atoms with Crippen LogP contribution in [0.5, 0.6) is 0 Å². The van der Waals surface area contributed by atoms with Crippen molar-refractivity contribution < 1.29 is 4.89 Å². The minimum absolute atomic E-state index is 0.688. The summed E-state index contributed by atoms with van der Waals surface area (Å²) in [4.78, 5) is 9.95. The highest BCUT2D eigenvalue weighted by molar-refractivity contribution is 9.10. The summed E-state index contributed by atoms with van der Waals surface area (Å²) >= 11 is 3.33. The highest BCUT2D eigenvalue weighted by atomic mass is 79.9. The lowest BCUT2D eigenvalue weighted by Gasteiger charge is -2.22. The Morgan fingerprint density at radius 3 is 2.00 bits per heavy atom. The van der Waals surface area contributed by atoms with Gasteiger partial charge in [0.05, 0.1) is 13.1 Å². The Kier molecular flexibility index (Phi) is 2.69. The molecule has 3 nitrogen and oxygen atoms in total. The second-order valence-electron chi connectivity index (χ2n) is 2.57. The molecule has 0 aliphatic carbocycles. The van der Waals surface area contributed by atoms with Crippen LogP contribution in [0, 0.1) is 0 Å². The Bertz CT molecular complexity index is 125. The number of alkyl halides is 1. The summed E-state index contributed by atoms with van der Waals surface area (Å²) in [5.74, 6) is 0. The smallest absolute Gasteiger partial charge is 0.212 e. The molecular formula is C5H13BrN2OP+. The lowest BCUT2D eigenvalue weighted by Crippen LogP contribution is -2.19. The second-order valence-corrected chi connectivity index (χ2v) is 7.07. The molecule has 0 aromatic carbocycles. The highest BCUT2D eigenvalue weighted by Gasteiger charge is 2.50. The molecule has 1 aliphatic heterocycles. The third-order valence-corrected chi connectivity index (χ3v) is 6.93. The molecule has 0 aromatic rings. The van der Waals surface area contributed by atoms with E-state index < -0.39 is 7.79 Å². The summed E-state index contributed by atoms with van der Waals surface area (Å²) < 4.78 is 4.09. The van der Waals surface area contributed by atoms with Gasteiger partial charge in [-0.15, -0.1) is 9.34 Å². The zero-order valence-electron chi connectivity index (χ0n) is 6.29. The Hall–Kier alpha value is 0.790. The van der Waals surface area contributed by atoms with Crippen molar-refractivity contribution in [2.24, 2.45) is 0 Å². The minimum atomic E-state index is -1.90. The first-order chi connectivity index (χ1) is 4.61. The van der Waals surface area contributed by atoms with Crippen LogP contribution in [0.2, 0.25) is 0 Å². The van der Waals surface area contributed by atoms with Crippen molar-refractivity contribution in [1.82, 2.24) is 9.34 Å². The van der Waals surface area contributed by atoms with Crippen molar-refractivity contribution in [2.45, 2.75) is 0 Å². The summed E-state index contributed by atoms with van der Waals surface area (Å²) in [5, 5.41) is 0.688. The van der Waals surface area contributed by atoms with Crippen molar-refractivity contribution in [3.63, 3.8) is 0 Å². The predicted octanol–water partition coefficient (Wildman–Crippen LogP) is 0.971. The lowest BCUT2D eigenvalue weighted by molar-refractivity contribution is 0.469. The average molecular weight is 228 g/mol. The van der Waals surface area contributed by atoms with E-state index in [0.29, 0.717) is 5.07 Å². The summed E-state index contributed by atoms with van der Waals surface area (Å²) in [5.41, 5.74) is 0. The van der Waals surface area contributed by atoms with Gasteiger partial charge in [0.2, 0.25) is 0 Å². The van der Waals surface area contributed by atoms with Crippen LogP contribution < -0.4 is 0 Å². The van der Waals surface area contributed by atoms with Gasteiger partial charge in [0.1, 0.15) is 0 Å². The molecule has 1 aliphatic rings. The molecule has 1 saturated heterocycles. The first kappa shape index (κ1) is 8.88. The molecule has 0 amide bonds. The molecular weight excluding hydrogens is 215 g/mol. The van der Waals surface area contributed by atoms with Crippen LogP contribution in [0.15, 0.2) is 0 Å². The van der Waals surface area contributed by atoms with E-state index in [0.717, 1.165) is 13.1 Å². The van der Waals surface area contributed by atoms with Crippen molar-refractivity contribution in [3.05, 3.63) is 0 Å². The van der Waals surface area contributed by atoms with Crippen LogP contribution in [0.1, 0.15) is 0 Å². The largest absolute Gasteiger partial charge is 0.296 e. The number of rotatable bonds is 1. The third-order valence-electron chi connectivity index (χ3n) is 2.00. The number of halogens is 1. The summed E-state index contributed by atoms with van der Waals surface area (Å²) in [6.45, 7) is 1.96. The van der Waals surface area contributed by atoms with Gasteiger partial charge in [-0.2, -0.15) is 0 Å². The van der Waals surface area contributed by atoms with E-state index in [9.17, 15) is 4.89 Å². The molecule has 1 fully saturated rings. The number of nitrogens with zero attached hydrogens (tertiary/aromatic N) is 2. The van der Waals surface area contributed by atoms with Crippen molar-refractivity contribution in [2.75, 3.05) is 32.3 Å². The molecule has 0 spiro atoms. The van der Waals surface area contributed by atoms with Gasteiger partial charge in [-0.1, -0.05) is 0 Å². The van der Waals surface area contributed by atoms with Crippen LogP contribution >= 0.6 is 23.7 Å². The summed E-state index contributed by atoms with van der Waals surface area (Å²) in [6.07, 6.45) is 0. The van der Waals surface area contributed by atoms with Gasteiger partial charge in [0, 0.05) is 14.1 Å². The third kappa shape index (κ3) is 1.23. The molecule has 5 heteroatoms. The monoisotopic (exact) mass is 227 g/mol. The number of likely N-dealkylation sites (N-methyl/N-ethyl adjacent to an activating group) is 2. The molecule has 1 N–H and O–H groups in total. The zero-order chi connectivity index (χ0) is 7.78. The molecule has 10 heavy (non-hydrogen) atoms. The molecule has 60 valence electrons. The molecule has 0 radical (unpaired) electrons. The summed E-state index contributed by atoms with van der Waals surface area (Å²) in [7, 11) is 2.04. The molecule has 0 saturated carbocycles. The van der Waals surface area contributed by atoms with Gasteiger partial charge in [-0.3, -0.25) is 0 Å². The van der Waals surface area contributed by atoms with Crippen LogP contribution in [-0.2, 0) is 0 Å². The van der Waals surface area contributed by atoms with Gasteiger partial charge < -0.3 is 0 Å². The predicted molar refractivity (Wildman–Crippen MR) is 48.2 cm³/mol. The number of hydrogen-bond donors (Lipinski definition) is 1. The maximum atomic E-state index is 9.95. The van der Waals surface area contributed by atoms with Crippen LogP contribution in [0.3, 0.4) is 0 Å². The second kappa shape index (κ2) is 3.03. The quantitative estimate of drug-likeness (QED) is 0.535. The van der Waals surface area contributed by atoms with E-state index in [1.165, 1.54) is 0 Å². The van der Waals surface area contributed by atoms with Crippen LogP contribution in [-0.4, -0.2) is 46.5 Å². The van der Waals surface area contributed by atoms with Crippen molar-refractivity contribution in [3.8, 4) is 0 Å². The van der Waals surface area contributed by atoms with E-state index in [2.05, 4.69) is 15.9 Å². The molecule has 0 atom stereocenters. The molecule has 1 rings (SSSR count). The van der Waals surface area contributed by atoms with Gasteiger partial charge in [0.15, 0.2) is 5.07 Å². The van der Waals surface area contributed by atoms with Crippen LogP contribution in [0.4, 0.5) is 0 Å². The minimum Gasteiger partial charge on any atom is -0.212 e. The Morgan fingerprint density at radius 1 is 1.40 bits per heavy atom. The van der Waals surface area contributed by atoms with Crippen molar-refractivity contribution in [1.29, 1.82) is 0 Å². The fourth-order valence-corrected chi connectivity index (χ4v) is 5.06. The topological polar surface area (TPSA) is 26.7 Å². The van der Waals surface area contributed by atoms with E-state index in [4.69, 9.17) is 0 Å². The average Bonchev–Trinajstić information content (AvgIpc) is 2.18.